The molecule has 0 saturated carbocycles. The van der Waals surface area contributed by atoms with E-state index in [1.54, 1.807) is 12.1 Å². The maximum atomic E-state index is 13.4. The van der Waals surface area contributed by atoms with Crippen LogP contribution in [0.5, 0.6) is 0 Å². The van der Waals surface area contributed by atoms with Crippen molar-refractivity contribution in [1.82, 2.24) is 4.90 Å². The van der Waals surface area contributed by atoms with Gasteiger partial charge in [0.15, 0.2) is 0 Å². The van der Waals surface area contributed by atoms with E-state index in [0.717, 1.165) is 24.9 Å². The van der Waals surface area contributed by atoms with Gasteiger partial charge in [-0.1, -0.05) is 54.6 Å². The van der Waals surface area contributed by atoms with Crippen molar-refractivity contribution in [3.63, 3.8) is 0 Å². The summed E-state index contributed by atoms with van der Waals surface area (Å²) in [6.45, 7) is 0.769. The Hall–Kier alpha value is -2.68. The molecular weight excluding hydrogens is 313 g/mol. The summed E-state index contributed by atoms with van der Waals surface area (Å²) in [5, 5.41) is 2.41. The van der Waals surface area contributed by atoms with Gasteiger partial charge in [-0.05, 0) is 46.9 Å². The number of likely N-dealkylation sites (tertiary alicyclic amines) is 1. The van der Waals surface area contributed by atoms with Gasteiger partial charge in [0.1, 0.15) is 5.82 Å². The topological polar surface area (TPSA) is 20.3 Å². The molecule has 0 aliphatic carbocycles. The number of carbonyl (C=O) groups excluding carboxylic acids is 1. The third kappa shape index (κ3) is 3.14. The monoisotopic (exact) mass is 333 g/mol. The predicted octanol–water partition coefficient (Wildman–Crippen LogP) is 4.89. The second-order valence-electron chi connectivity index (χ2n) is 6.60. The van der Waals surface area contributed by atoms with Crippen molar-refractivity contribution in [2.45, 2.75) is 25.3 Å². The van der Waals surface area contributed by atoms with Crippen molar-refractivity contribution in [3.05, 3.63) is 83.7 Å². The minimum absolute atomic E-state index is 0.0543. The fourth-order valence-electron chi connectivity index (χ4n) is 3.77. The number of amides is 1. The molecule has 25 heavy (non-hydrogen) atoms. The van der Waals surface area contributed by atoms with Crippen molar-refractivity contribution in [2.75, 3.05) is 6.54 Å². The molecule has 3 aromatic rings. The number of fused-ring (bicyclic) bond motifs is 1. The minimum Gasteiger partial charge on any atom is -0.335 e. The smallest absolute Gasteiger partial charge is 0.223 e. The quantitative estimate of drug-likeness (QED) is 0.666. The summed E-state index contributed by atoms with van der Waals surface area (Å²) in [7, 11) is 0. The van der Waals surface area contributed by atoms with Gasteiger partial charge in [0.05, 0.1) is 6.04 Å². The van der Waals surface area contributed by atoms with E-state index in [0.29, 0.717) is 6.42 Å². The standard InChI is InChI=1S/C22H20FNO/c23-19-12-10-17(11-13-19)21(24-14-4-9-22(24)25)15-18-7-3-6-16-5-1-2-8-20(16)18/h1-3,5-8,10-13,21H,4,9,14-15H2. The summed E-state index contributed by atoms with van der Waals surface area (Å²) in [6.07, 6.45) is 2.23. The maximum absolute atomic E-state index is 13.4. The van der Waals surface area contributed by atoms with Crippen molar-refractivity contribution in [1.29, 1.82) is 0 Å². The number of rotatable bonds is 4. The Bertz CT molecular complexity index is 898. The molecule has 1 aliphatic heterocycles. The van der Waals surface area contributed by atoms with Gasteiger partial charge in [-0.25, -0.2) is 4.39 Å². The van der Waals surface area contributed by atoms with Crippen LogP contribution in [-0.2, 0) is 11.2 Å². The molecule has 0 spiro atoms. The van der Waals surface area contributed by atoms with Crippen molar-refractivity contribution >= 4 is 16.7 Å². The molecule has 0 bridgehead atoms. The molecule has 0 N–H and O–H groups in total. The molecule has 1 atom stereocenters. The van der Waals surface area contributed by atoms with Gasteiger partial charge in [-0.2, -0.15) is 0 Å². The van der Waals surface area contributed by atoms with Crippen molar-refractivity contribution in [3.8, 4) is 0 Å². The van der Waals surface area contributed by atoms with Crippen LogP contribution in [0.15, 0.2) is 66.7 Å². The first-order valence-corrected chi connectivity index (χ1v) is 8.74. The molecule has 1 fully saturated rings. The van der Waals surface area contributed by atoms with Crippen LogP contribution in [0.3, 0.4) is 0 Å². The first kappa shape index (κ1) is 15.8. The first-order valence-electron chi connectivity index (χ1n) is 8.74. The minimum atomic E-state index is -0.250. The zero-order chi connectivity index (χ0) is 17.2. The zero-order valence-corrected chi connectivity index (χ0v) is 14.0. The Kier molecular flexibility index (Phi) is 4.22. The van der Waals surface area contributed by atoms with Crippen molar-refractivity contribution < 1.29 is 9.18 Å². The highest BCUT2D eigenvalue weighted by Crippen LogP contribution is 2.31. The summed E-state index contributed by atoms with van der Waals surface area (Å²) in [5.74, 6) is -0.0602. The van der Waals surface area contributed by atoms with Crippen molar-refractivity contribution in [2.24, 2.45) is 0 Å². The zero-order valence-electron chi connectivity index (χ0n) is 14.0. The molecule has 2 nitrogen and oxygen atoms in total. The largest absolute Gasteiger partial charge is 0.335 e. The fourth-order valence-corrected chi connectivity index (χ4v) is 3.77. The van der Waals surface area contributed by atoms with Gasteiger partial charge >= 0.3 is 0 Å². The Morgan fingerprint density at radius 2 is 1.72 bits per heavy atom. The van der Waals surface area contributed by atoms with E-state index in [1.807, 2.05) is 17.0 Å². The molecule has 1 amide bonds. The lowest BCUT2D eigenvalue weighted by molar-refractivity contribution is -0.129. The highest BCUT2D eigenvalue weighted by atomic mass is 19.1. The summed E-state index contributed by atoms with van der Waals surface area (Å²) < 4.78 is 13.4. The number of benzene rings is 3. The van der Waals surface area contributed by atoms with Gasteiger partial charge in [-0.15, -0.1) is 0 Å². The van der Waals surface area contributed by atoms with Gasteiger partial charge in [-0.3, -0.25) is 4.79 Å². The van der Waals surface area contributed by atoms with Crippen LogP contribution >= 0.6 is 0 Å². The number of halogens is 1. The molecular formula is C22H20FNO. The molecule has 3 heteroatoms. The van der Waals surface area contributed by atoms with Gasteiger partial charge in [0.2, 0.25) is 5.91 Å². The third-order valence-electron chi connectivity index (χ3n) is 5.03. The SMILES string of the molecule is O=C1CCCN1C(Cc1cccc2ccccc12)c1ccc(F)cc1. The lowest BCUT2D eigenvalue weighted by Gasteiger charge is -2.29. The highest BCUT2D eigenvalue weighted by molar-refractivity contribution is 5.86. The Morgan fingerprint density at radius 1 is 0.960 bits per heavy atom. The van der Waals surface area contributed by atoms with E-state index >= 15 is 0 Å². The van der Waals surface area contributed by atoms with E-state index in [-0.39, 0.29) is 17.8 Å². The normalized spacial score (nSPS) is 15.7. The third-order valence-corrected chi connectivity index (χ3v) is 5.03. The second kappa shape index (κ2) is 6.67. The summed E-state index contributed by atoms with van der Waals surface area (Å²) in [6, 6.07) is 21.1. The molecule has 1 aliphatic rings. The van der Waals surface area contributed by atoms with E-state index in [9.17, 15) is 9.18 Å². The van der Waals surface area contributed by atoms with Crippen LogP contribution < -0.4 is 0 Å². The molecule has 3 aromatic carbocycles. The average molecular weight is 333 g/mol. The van der Waals surface area contributed by atoms with E-state index < -0.39 is 0 Å². The van der Waals surface area contributed by atoms with E-state index in [4.69, 9.17) is 0 Å². The summed E-state index contributed by atoms with van der Waals surface area (Å²) in [4.78, 5) is 14.3. The van der Waals surface area contributed by atoms with E-state index in [2.05, 4.69) is 30.3 Å². The van der Waals surface area contributed by atoms with E-state index in [1.165, 1.54) is 28.5 Å². The van der Waals surface area contributed by atoms with Gasteiger partial charge < -0.3 is 4.90 Å². The van der Waals surface area contributed by atoms with Crippen LogP contribution in [0.25, 0.3) is 10.8 Å². The molecule has 1 heterocycles. The molecule has 0 aromatic heterocycles. The Labute approximate surface area is 146 Å². The fraction of sp³-hybridized carbons (Fsp3) is 0.227. The number of hydrogen-bond donors (Lipinski definition) is 0. The lowest BCUT2D eigenvalue weighted by atomic mass is 9.94. The predicted molar refractivity (Wildman–Crippen MR) is 97.7 cm³/mol. The molecule has 1 saturated heterocycles. The Balaban J connectivity index is 1.75. The number of hydrogen-bond acceptors (Lipinski definition) is 1. The van der Waals surface area contributed by atoms with Crippen LogP contribution in [0.1, 0.15) is 30.0 Å². The molecule has 126 valence electrons. The lowest BCUT2D eigenvalue weighted by Crippen LogP contribution is -2.31. The molecule has 1 unspecified atom stereocenters. The molecule has 0 radical (unpaired) electrons. The maximum Gasteiger partial charge on any atom is 0.223 e. The van der Waals surface area contributed by atoms with Crippen LogP contribution in [0.2, 0.25) is 0 Å². The van der Waals surface area contributed by atoms with Crippen LogP contribution in [0.4, 0.5) is 4.39 Å². The average Bonchev–Trinajstić information content (AvgIpc) is 3.06. The van der Waals surface area contributed by atoms with Gasteiger partial charge in [0, 0.05) is 13.0 Å². The Morgan fingerprint density at radius 3 is 2.48 bits per heavy atom. The summed E-state index contributed by atoms with van der Waals surface area (Å²) >= 11 is 0. The number of carbonyl (C=O) groups is 1. The van der Waals surface area contributed by atoms with Crippen LogP contribution in [-0.4, -0.2) is 17.4 Å². The molecule has 4 rings (SSSR count). The highest BCUT2D eigenvalue weighted by Gasteiger charge is 2.29. The van der Waals surface area contributed by atoms with Crippen LogP contribution in [0, 0.1) is 5.82 Å². The number of nitrogens with zero attached hydrogens (tertiary/aromatic N) is 1. The van der Waals surface area contributed by atoms with Gasteiger partial charge in [0.25, 0.3) is 0 Å². The second-order valence-corrected chi connectivity index (χ2v) is 6.60. The summed E-state index contributed by atoms with van der Waals surface area (Å²) in [5.41, 5.74) is 2.21. The first-order chi connectivity index (χ1) is 12.2.